The zero-order chi connectivity index (χ0) is 48.2. The number of fused-ring (bicyclic) bond motifs is 2. The number of rotatable bonds is 11. The van der Waals surface area contributed by atoms with Crippen molar-refractivity contribution in [3.8, 4) is 17.2 Å². The average Bonchev–Trinajstić information content (AvgIpc) is 3.97. The van der Waals surface area contributed by atoms with Gasteiger partial charge in [0, 0.05) is 74.3 Å². The highest BCUT2D eigenvalue weighted by atomic mass is 35.5. The van der Waals surface area contributed by atoms with E-state index in [1.807, 2.05) is 0 Å². The minimum atomic E-state index is -3.58. The summed E-state index contributed by atoms with van der Waals surface area (Å²) >= 11 is 5.47. The van der Waals surface area contributed by atoms with E-state index >= 15 is 0 Å². The molecule has 4 aliphatic heterocycles. The number of nitrogens with two attached hydrogens (primary N) is 1. The van der Waals surface area contributed by atoms with Gasteiger partial charge in [0.25, 0.3) is 0 Å². The number of piperidine rings is 2. The van der Waals surface area contributed by atoms with Gasteiger partial charge in [0.1, 0.15) is 5.75 Å². The smallest absolute Gasteiger partial charge is 0.311 e. The monoisotopic (exact) mass is 975 g/mol. The van der Waals surface area contributed by atoms with Crippen LogP contribution in [0, 0.1) is 34.1 Å². The first-order valence-electron chi connectivity index (χ1n) is 21.7. The molecule has 360 valence electrons. The third kappa shape index (κ3) is 13.4. The number of hydrogen-bond donors (Lipinski definition) is 2. The highest BCUT2D eigenvalue weighted by Gasteiger charge is 2.32. The Bertz CT molecular complexity index is 2530. The lowest BCUT2D eigenvalue weighted by molar-refractivity contribution is -0.385. The van der Waals surface area contributed by atoms with Gasteiger partial charge in [-0.15, -0.1) is 0 Å². The second-order valence-electron chi connectivity index (χ2n) is 15.7. The normalized spacial score (nSPS) is 16.4. The van der Waals surface area contributed by atoms with Gasteiger partial charge in [0.05, 0.1) is 26.2 Å². The Morgan fingerprint density at radius 3 is 1.79 bits per heavy atom. The van der Waals surface area contributed by atoms with Crippen LogP contribution in [-0.4, -0.2) is 121 Å². The second-order valence-corrected chi connectivity index (χ2v) is 19.9. The van der Waals surface area contributed by atoms with Gasteiger partial charge in [0.15, 0.2) is 11.5 Å². The summed E-state index contributed by atoms with van der Waals surface area (Å²) in [6.45, 7) is 15.9. The minimum absolute atomic E-state index is 0.0602. The predicted molar refractivity (Wildman–Crippen MR) is 249 cm³/mol. The molecule has 20 nitrogen and oxygen atoms in total. The van der Waals surface area contributed by atoms with E-state index in [9.17, 15) is 37.1 Å². The van der Waals surface area contributed by atoms with Crippen molar-refractivity contribution in [1.29, 1.82) is 0 Å². The molecule has 0 saturated carbocycles. The van der Waals surface area contributed by atoms with E-state index in [0.29, 0.717) is 87.8 Å². The zero-order valence-corrected chi connectivity index (χ0v) is 40.1. The number of aromatic nitrogens is 2. The van der Waals surface area contributed by atoms with Gasteiger partial charge in [0.2, 0.25) is 37.8 Å². The van der Waals surface area contributed by atoms with Crippen molar-refractivity contribution in [3.63, 3.8) is 0 Å². The van der Waals surface area contributed by atoms with E-state index in [0.717, 1.165) is 11.3 Å². The number of sulfonamides is 2. The summed E-state index contributed by atoms with van der Waals surface area (Å²) in [5.41, 5.74) is 7.83. The maximum atomic E-state index is 13.0. The zero-order valence-electron chi connectivity index (χ0n) is 37.7. The first kappa shape index (κ1) is 51.7. The second kappa shape index (κ2) is 23.5. The lowest BCUT2D eigenvalue weighted by atomic mass is 10.1. The number of anilines is 1. The number of nitrogens with zero attached hydrogens (tertiary/aromatic N) is 7. The van der Waals surface area contributed by atoms with Crippen molar-refractivity contribution in [1.82, 2.24) is 23.5 Å². The van der Waals surface area contributed by atoms with E-state index in [1.54, 1.807) is 56.3 Å². The fraction of sp³-hybridized carbons (Fsp3) is 0.488. The summed E-state index contributed by atoms with van der Waals surface area (Å²) in [7, 11) is -7.05. The SMILES string of the molecule is CCN(CC)CC.Cc1ccc([N+](=O)[O-])c(Cl)n1.Cc1ccc([N+](=O)[O-])c(NC2CCN(S(=O)(=O)c3ccc4c(c3)CCO4)CC2)n1.NC1CCN(S(=O)(=O)c2ccc3c(c2)OCO3)CC1. The maximum absolute atomic E-state index is 13.0. The summed E-state index contributed by atoms with van der Waals surface area (Å²) in [6.07, 6.45) is 3.20. The van der Waals surface area contributed by atoms with Crippen LogP contribution in [-0.2, 0) is 26.5 Å². The van der Waals surface area contributed by atoms with Gasteiger partial charge in [-0.2, -0.15) is 8.61 Å². The summed E-state index contributed by atoms with van der Waals surface area (Å²) in [5.74, 6) is 2.04. The Labute approximate surface area is 390 Å². The Balaban J connectivity index is 0.000000188. The summed E-state index contributed by atoms with van der Waals surface area (Å²) in [6, 6.07) is 15.6. The molecule has 4 aliphatic rings. The fourth-order valence-electron chi connectivity index (χ4n) is 7.34. The molecule has 6 heterocycles. The molecule has 0 radical (unpaired) electrons. The molecule has 2 aromatic heterocycles. The molecule has 23 heteroatoms. The third-order valence-corrected chi connectivity index (χ3v) is 15.4. The third-order valence-electron chi connectivity index (χ3n) is 11.3. The van der Waals surface area contributed by atoms with Crippen LogP contribution >= 0.6 is 11.6 Å². The molecule has 3 N–H and O–H groups in total. The Morgan fingerprint density at radius 2 is 1.24 bits per heavy atom. The van der Waals surface area contributed by atoms with Gasteiger partial charge in [-0.1, -0.05) is 32.4 Å². The van der Waals surface area contributed by atoms with Crippen molar-refractivity contribution in [3.05, 3.63) is 103 Å². The molecule has 8 rings (SSSR count). The molecule has 0 aliphatic carbocycles. The predicted octanol–water partition coefficient (Wildman–Crippen LogP) is 6.33. The highest BCUT2D eigenvalue weighted by Crippen LogP contribution is 2.35. The molecule has 2 saturated heterocycles. The van der Waals surface area contributed by atoms with Crippen LogP contribution < -0.4 is 25.3 Å². The topological polar surface area (TPSA) is 256 Å². The molecule has 4 aromatic rings. The summed E-state index contributed by atoms with van der Waals surface area (Å²) in [4.78, 5) is 31.3. The molecule has 66 heavy (non-hydrogen) atoms. The average molecular weight is 977 g/mol. The van der Waals surface area contributed by atoms with Crippen molar-refractivity contribution in [2.75, 3.05) is 64.5 Å². The summed E-state index contributed by atoms with van der Waals surface area (Å²) < 4.78 is 69.8. The van der Waals surface area contributed by atoms with Gasteiger partial charge in [-0.05, 0) is 107 Å². The van der Waals surface area contributed by atoms with Gasteiger partial charge in [-0.25, -0.2) is 26.8 Å². The number of hydrogen-bond acceptors (Lipinski definition) is 16. The number of ether oxygens (including phenoxy) is 3. The lowest BCUT2D eigenvalue weighted by Gasteiger charge is -2.31. The highest BCUT2D eigenvalue weighted by molar-refractivity contribution is 7.89. The maximum Gasteiger partial charge on any atom is 0.311 e. The molecular weight excluding hydrogens is 918 g/mol. The number of benzene rings is 2. The molecule has 2 fully saturated rings. The summed E-state index contributed by atoms with van der Waals surface area (Å²) in [5, 5.41) is 24.5. The minimum Gasteiger partial charge on any atom is -0.493 e. The van der Waals surface area contributed by atoms with E-state index in [-0.39, 0.29) is 51.0 Å². The van der Waals surface area contributed by atoms with Gasteiger partial charge >= 0.3 is 11.4 Å². The van der Waals surface area contributed by atoms with Crippen LogP contribution in [0.3, 0.4) is 0 Å². The van der Waals surface area contributed by atoms with E-state index < -0.39 is 29.9 Å². The van der Waals surface area contributed by atoms with Crippen LogP contribution in [0.25, 0.3) is 0 Å². The van der Waals surface area contributed by atoms with E-state index in [4.69, 9.17) is 31.5 Å². The standard InChI is InChI=1S/C19H22N4O5S.C12H16N2O4S.C6H5ClN2O2.C6H15N/c1-13-2-4-17(23(24)25)19(20-13)21-15-6-9-22(10-7-15)29(26,27)16-3-5-18-14(12-16)8-11-28-18;13-9-3-5-14(6-4-9)19(15,16)10-1-2-11-12(7-10)18-8-17-11;1-4-2-3-5(9(10)11)6(7)8-4;1-4-7(5-2)6-3/h2-5,12,15H,6-11H2,1H3,(H,20,21);1-2,7,9H,3-6,8,13H2;2-3H,1H3;4-6H2,1-3H3. The van der Waals surface area contributed by atoms with Crippen molar-refractivity contribution < 1.29 is 40.9 Å². The Hall–Kier alpha value is -5.23. The van der Waals surface area contributed by atoms with Crippen molar-refractivity contribution in [2.45, 2.75) is 88.6 Å². The van der Waals surface area contributed by atoms with Crippen LogP contribution in [0.1, 0.15) is 63.4 Å². The van der Waals surface area contributed by atoms with E-state index in [1.165, 1.54) is 46.4 Å². The molecule has 2 aromatic carbocycles. The number of nitro groups is 2. The Kier molecular flexibility index (Phi) is 18.4. The fourth-order valence-corrected chi connectivity index (χ4v) is 10.6. The molecule has 0 atom stereocenters. The quantitative estimate of drug-likeness (QED) is 0.0946. The molecule has 0 spiro atoms. The molecule has 0 unspecified atom stereocenters. The molecule has 0 amide bonds. The van der Waals surface area contributed by atoms with E-state index in [2.05, 4.69) is 41.0 Å². The van der Waals surface area contributed by atoms with Crippen LogP contribution in [0.2, 0.25) is 5.15 Å². The number of nitrogens with one attached hydrogen (secondary N) is 1. The number of aryl methyl sites for hydroxylation is 2. The van der Waals surface area contributed by atoms with Crippen LogP contribution in [0.5, 0.6) is 17.2 Å². The van der Waals surface area contributed by atoms with Crippen LogP contribution in [0.15, 0.2) is 70.5 Å². The lowest BCUT2D eigenvalue weighted by Crippen LogP contribution is -2.42. The number of pyridine rings is 2. The number of halogens is 1. The molecule has 0 bridgehead atoms. The van der Waals surface area contributed by atoms with Crippen LogP contribution in [0.4, 0.5) is 17.2 Å². The Morgan fingerprint density at radius 1 is 0.727 bits per heavy atom. The molecular formula is C43H58ClN9O11S2. The van der Waals surface area contributed by atoms with Crippen molar-refractivity contribution >= 4 is 48.8 Å². The van der Waals surface area contributed by atoms with Gasteiger partial charge < -0.3 is 30.2 Å². The van der Waals surface area contributed by atoms with Gasteiger partial charge in [-0.3, -0.25) is 20.2 Å². The first-order valence-corrected chi connectivity index (χ1v) is 24.9. The van der Waals surface area contributed by atoms with Crippen molar-refractivity contribution in [2.24, 2.45) is 5.73 Å². The largest absolute Gasteiger partial charge is 0.493 e. The first-order chi connectivity index (χ1) is 31.4.